The third-order valence-electron chi connectivity index (χ3n) is 11.3. The summed E-state index contributed by atoms with van der Waals surface area (Å²) < 4.78 is 2.40. The van der Waals surface area contributed by atoms with Crippen LogP contribution in [0.1, 0.15) is 0 Å². The van der Waals surface area contributed by atoms with Gasteiger partial charge in [0.15, 0.2) is 0 Å². The number of para-hydroxylation sites is 1. The maximum Gasteiger partial charge on any atom is 0.0542 e. The minimum atomic E-state index is 1.10. The van der Waals surface area contributed by atoms with Gasteiger partial charge in [-0.25, -0.2) is 0 Å². The zero-order valence-electron chi connectivity index (χ0n) is 30.7. The van der Waals surface area contributed by atoms with E-state index in [0.717, 1.165) is 22.7 Å². The fourth-order valence-electron chi connectivity index (χ4n) is 8.66. The molecule has 0 atom stereocenters. The van der Waals surface area contributed by atoms with Gasteiger partial charge in [-0.15, -0.1) is 0 Å². The molecule has 0 unspecified atom stereocenters. The first-order valence-electron chi connectivity index (χ1n) is 19.3. The van der Waals surface area contributed by atoms with Crippen LogP contribution in [0, 0.1) is 0 Å². The topological polar surface area (TPSA) is 8.17 Å². The molecule has 11 aromatic rings. The maximum absolute atomic E-state index is 2.42. The summed E-state index contributed by atoms with van der Waals surface area (Å²) in [6.45, 7) is 0. The van der Waals surface area contributed by atoms with Crippen LogP contribution in [0.15, 0.2) is 218 Å². The lowest BCUT2D eigenvalue weighted by atomic mass is 9.98. The molecule has 0 N–H and O–H groups in total. The predicted octanol–water partition coefficient (Wildman–Crippen LogP) is 15.0. The van der Waals surface area contributed by atoms with E-state index in [1.165, 1.54) is 76.4 Å². The van der Waals surface area contributed by atoms with E-state index >= 15 is 0 Å². The van der Waals surface area contributed by atoms with Crippen LogP contribution in [0.3, 0.4) is 0 Å². The van der Waals surface area contributed by atoms with E-state index in [9.17, 15) is 0 Å². The van der Waals surface area contributed by atoms with Crippen molar-refractivity contribution in [1.29, 1.82) is 0 Å². The summed E-state index contributed by atoms with van der Waals surface area (Å²) in [6, 6.07) is 79.6. The molecule has 0 aliphatic heterocycles. The molecule has 2 heteroatoms. The quantitative estimate of drug-likeness (QED) is 0.156. The van der Waals surface area contributed by atoms with Crippen LogP contribution in [-0.2, 0) is 0 Å². The number of anilines is 3. The molecule has 0 radical (unpaired) electrons. The Labute approximate surface area is 325 Å². The number of aromatic nitrogens is 1. The normalized spacial score (nSPS) is 11.6. The third-order valence-corrected chi connectivity index (χ3v) is 11.3. The lowest BCUT2D eigenvalue weighted by Crippen LogP contribution is -2.10. The summed E-state index contributed by atoms with van der Waals surface area (Å²) in [4.78, 5) is 2.42. The molecule has 0 amide bonds. The van der Waals surface area contributed by atoms with Crippen LogP contribution >= 0.6 is 0 Å². The van der Waals surface area contributed by atoms with Gasteiger partial charge in [0.05, 0.1) is 11.0 Å². The van der Waals surface area contributed by atoms with Crippen LogP contribution in [0.25, 0.3) is 82.1 Å². The monoisotopic (exact) mass is 712 g/mol. The Balaban J connectivity index is 1.14. The second-order valence-electron chi connectivity index (χ2n) is 14.6. The van der Waals surface area contributed by atoms with Crippen LogP contribution in [0.5, 0.6) is 0 Å². The zero-order valence-corrected chi connectivity index (χ0v) is 30.7. The predicted molar refractivity (Wildman–Crippen MR) is 239 cm³/mol. The molecule has 0 fully saturated rings. The highest BCUT2D eigenvalue weighted by Gasteiger charge is 2.19. The second kappa shape index (κ2) is 13.2. The van der Waals surface area contributed by atoms with Gasteiger partial charge in [-0.3, -0.25) is 0 Å². The molecule has 1 aromatic heterocycles. The average Bonchev–Trinajstić information content (AvgIpc) is 3.60. The Morgan fingerprint density at radius 2 is 0.804 bits per heavy atom. The number of fused-ring (bicyclic) bond motifs is 7. The Hall–Kier alpha value is -7.42. The molecular formula is C54H36N2. The summed E-state index contributed by atoms with van der Waals surface area (Å²) >= 11 is 0. The van der Waals surface area contributed by atoms with Gasteiger partial charge in [-0.2, -0.15) is 0 Å². The Bertz CT molecular complexity index is 3230. The summed E-state index contributed by atoms with van der Waals surface area (Å²) in [5.41, 5.74) is 11.7. The molecule has 1 heterocycles. The second-order valence-corrected chi connectivity index (χ2v) is 14.6. The van der Waals surface area contributed by atoms with Crippen LogP contribution in [0.2, 0.25) is 0 Å². The number of nitrogens with zero attached hydrogens (tertiary/aromatic N) is 2. The van der Waals surface area contributed by atoms with Gasteiger partial charge >= 0.3 is 0 Å². The molecule has 11 rings (SSSR count). The highest BCUT2D eigenvalue weighted by Crippen LogP contribution is 2.43. The van der Waals surface area contributed by atoms with Gasteiger partial charge in [0.25, 0.3) is 0 Å². The number of hydrogen-bond acceptors (Lipinski definition) is 1. The summed E-state index contributed by atoms with van der Waals surface area (Å²) in [7, 11) is 0. The highest BCUT2D eigenvalue weighted by atomic mass is 15.1. The Morgan fingerprint density at radius 1 is 0.286 bits per heavy atom. The average molecular weight is 713 g/mol. The SMILES string of the molecule is c1ccc(-c2ccc3c(c2)c2cc(N(c4ccc(-c5cccc6ccccc56)cc4)c4ccc5ccc6ccccc6c5c4)ccc2n3-c2ccccc2)cc1. The first kappa shape index (κ1) is 32.0. The third kappa shape index (κ3) is 5.34. The first-order chi connectivity index (χ1) is 27.8. The van der Waals surface area contributed by atoms with Crippen molar-refractivity contribution in [3.8, 4) is 27.9 Å². The van der Waals surface area contributed by atoms with E-state index in [1.54, 1.807) is 0 Å². The highest BCUT2D eigenvalue weighted by molar-refractivity contribution is 6.13. The van der Waals surface area contributed by atoms with Gasteiger partial charge in [0, 0.05) is 33.5 Å². The zero-order chi connectivity index (χ0) is 37.0. The number of rotatable bonds is 6. The smallest absolute Gasteiger partial charge is 0.0542 e. The molecule has 262 valence electrons. The molecule has 2 nitrogen and oxygen atoms in total. The van der Waals surface area contributed by atoms with Gasteiger partial charge in [0.2, 0.25) is 0 Å². The van der Waals surface area contributed by atoms with Crippen molar-refractivity contribution in [2.24, 2.45) is 0 Å². The summed E-state index contributed by atoms with van der Waals surface area (Å²) in [6.07, 6.45) is 0. The largest absolute Gasteiger partial charge is 0.310 e. The Kier molecular flexibility index (Phi) is 7.53. The minimum absolute atomic E-state index is 1.10. The molecule has 0 saturated heterocycles. The first-order valence-corrected chi connectivity index (χ1v) is 19.3. The molecule has 0 spiro atoms. The van der Waals surface area contributed by atoms with Gasteiger partial charge in [-0.05, 0) is 121 Å². The molecule has 0 saturated carbocycles. The van der Waals surface area contributed by atoms with E-state index in [2.05, 4.69) is 228 Å². The maximum atomic E-state index is 2.42. The molecule has 0 aliphatic carbocycles. The van der Waals surface area contributed by atoms with Crippen molar-refractivity contribution in [3.63, 3.8) is 0 Å². The summed E-state index contributed by atoms with van der Waals surface area (Å²) in [5, 5.41) is 9.92. The van der Waals surface area contributed by atoms with Crippen molar-refractivity contribution in [1.82, 2.24) is 4.57 Å². The van der Waals surface area contributed by atoms with Gasteiger partial charge in [0.1, 0.15) is 0 Å². The van der Waals surface area contributed by atoms with Gasteiger partial charge < -0.3 is 9.47 Å². The Morgan fingerprint density at radius 3 is 1.57 bits per heavy atom. The van der Waals surface area contributed by atoms with Crippen molar-refractivity contribution in [3.05, 3.63) is 218 Å². The van der Waals surface area contributed by atoms with Crippen molar-refractivity contribution < 1.29 is 0 Å². The molecule has 0 aliphatic rings. The van der Waals surface area contributed by atoms with E-state index in [4.69, 9.17) is 0 Å². The van der Waals surface area contributed by atoms with E-state index in [1.807, 2.05) is 0 Å². The fourth-order valence-corrected chi connectivity index (χ4v) is 8.66. The molecule has 56 heavy (non-hydrogen) atoms. The number of benzene rings is 10. The van der Waals surface area contributed by atoms with Crippen LogP contribution in [0.4, 0.5) is 17.1 Å². The minimum Gasteiger partial charge on any atom is -0.310 e. The molecular weight excluding hydrogens is 677 g/mol. The standard InChI is InChI=1S/C54H36N2/c1-3-12-37(13-4-1)42-27-32-53-51(34-42)52-36-46(31-33-54(52)56(53)43-17-5-2-6-18-43)55(45-30-26-41-23-22-39-15-8-10-20-49(39)50(41)35-45)44-28-24-40(25-29-44)48-21-11-16-38-14-7-9-19-47(38)48/h1-36H. The molecule has 0 bridgehead atoms. The fraction of sp³-hybridized carbons (Fsp3) is 0. The van der Waals surface area contributed by atoms with Crippen molar-refractivity contribution >= 4 is 71.2 Å². The molecule has 10 aromatic carbocycles. The number of hydrogen-bond donors (Lipinski definition) is 0. The van der Waals surface area contributed by atoms with Gasteiger partial charge in [-0.1, -0.05) is 152 Å². The summed E-state index contributed by atoms with van der Waals surface area (Å²) in [5.74, 6) is 0. The van der Waals surface area contributed by atoms with E-state index in [-0.39, 0.29) is 0 Å². The van der Waals surface area contributed by atoms with Crippen molar-refractivity contribution in [2.75, 3.05) is 4.90 Å². The van der Waals surface area contributed by atoms with E-state index < -0.39 is 0 Å². The van der Waals surface area contributed by atoms with Crippen molar-refractivity contribution in [2.45, 2.75) is 0 Å². The van der Waals surface area contributed by atoms with Crippen LogP contribution < -0.4 is 4.90 Å². The van der Waals surface area contributed by atoms with E-state index in [0.29, 0.717) is 0 Å². The van der Waals surface area contributed by atoms with Crippen LogP contribution in [-0.4, -0.2) is 4.57 Å². The lowest BCUT2D eigenvalue weighted by molar-refractivity contribution is 1.18. The lowest BCUT2D eigenvalue weighted by Gasteiger charge is -2.26.